The number of hydrogen-bond acceptors (Lipinski definition) is 8. The van der Waals surface area contributed by atoms with Crippen LogP contribution in [0, 0.1) is 18.3 Å². The molecule has 3 N–H and O–H groups in total. The molecular formula is C11H12N6S2. The van der Waals surface area contributed by atoms with Gasteiger partial charge in [0.05, 0.1) is 0 Å². The number of aromatic nitrogens is 3. The van der Waals surface area contributed by atoms with Crippen molar-refractivity contribution in [3.05, 3.63) is 22.5 Å². The van der Waals surface area contributed by atoms with Crippen molar-refractivity contribution >= 4 is 34.7 Å². The van der Waals surface area contributed by atoms with Crippen molar-refractivity contribution < 1.29 is 0 Å². The van der Waals surface area contributed by atoms with Crippen molar-refractivity contribution in [3.8, 4) is 6.07 Å². The van der Waals surface area contributed by atoms with Crippen LogP contribution in [-0.4, -0.2) is 21.2 Å². The first-order valence-electron chi connectivity index (χ1n) is 5.40. The summed E-state index contributed by atoms with van der Waals surface area (Å²) in [4.78, 5) is 13.1. The maximum absolute atomic E-state index is 9.04. The van der Waals surface area contributed by atoms with Crippen LogP contribution < -0.4 is 11.1 Å². The number of nitrogens with zero attached hydrogens (tertiary/aromatic N) is 4. The standard InChI is InChI=1S/C11H12N6S2/c1-6-14-4-7(9(13)16-6)5-15-10-8(3-12)19-11(17-10)18-2/h4,15H,5H2,1-2H3,(H2,13,14,16). The third kappa shape index (κ3) is 3.13. The molecule has 0 fully saturated rings. The number of nitrogens with two attached hydrogens (primary N) is 1. The number of hydrogen-bond donors (Lipinski definition) is 2. The monoisotopic (exact) mass is 292 g/mol. The second-order valence-electron chi connectivity index (χ2n) is 3.65. The third-order valence-electron chi connectivity index (χ3n) is 2.35. The molecule has 0 aromatic carbocycles. The Morgan fingerprint density at radius 2 is 2.32 bits per heavy atom. The van der Waals surface area contributed by atoms with Crippen molar-refractivity contribution in [1.82, 2.24) is 15.0 Å². The van der Waals surface area contributed by atoms with E-state index in [0.29, 0.717) is 28.9 Å². The van der Waals surface area contributed by atoms with E-state index < -0.39 is 0 Å². The minimum absolute atomic E-state index is 0.443. The summed E-state index contributed by atoms with van der Waals surface area (Å²) in [5.41, 5.74) is 6.59. The third-order valence-corrected chi connectivity index (χ3v) is 4.29. The van der Waals surface area contributed by atoms with Crippen LogP contribution in [0.2, 0.25) is 0 Å². The number of nitrogen functional groups attached to an aromatic ring is 1. The van der Waals surface area contributed by atoms with Crippen molar-refractivity contribution in [2.24, 2.45) is 0 Å². The molecule has 19 heavy (non-hydrogen) atoms. The van der Waals surface area contributed by atoms with Crippen LogP contribution in [0.4, 0.5) is 11.6 Å². The van der Waals surface area contributed by atoms with Gasteiger partial charge in [0.1, 0.15) is 22.6 Å². The second-order valence-corrected chi connectivity index (χ2v) is 5.71. The summed E-state index contributed by atoms with van der Waals surface area (Å²) in [5, 5.41) is 12.1. The van der Waals surface area contributed by atoms with Crippen molar-refractivity contribution in [2.75, 3.05) is 17.3 Å². The van der Waals surface area contributed by atoms with E-state index in [1.54, 1.807) is 13.1 Å². The van der Waals surface area contributed by atoms with Crippen LogP contribution in [0.15, 0.2) is 10.5 Å². The summed E-state index contributed by atoms with van der Waals surface area (Å²) in [6.07, 6.45) is 3.61. The molecule has 0 spiro atoms. The predicted octanol–water partition coefficient (Wildman–Crippen LogP) is 2.03. The van der Waals surface area contributed by atoms with Gasteiger partial charge in [-0.05, 0) is 13.2 Å². The quantitative estimate of drug-likeness (QED) is 0.831. The fraction of sp³-hybridized carbons (Fsp3) is 0.273. The van der Waals surface area contributed by atoms with E-state index in [0.717, 1.165) is 9.90 Å². The lowest BCUT2D eigenvalue weighted by Crippen LogP contribution is -2.07. The molecule has 8 heteroatoms. The zero-order chi connectivity index (χ0) is 13.8. The van der Waals surface area contributed by atoms with E-state index in [4.69, 9.17) is 11.0 Å². The van der Waals surface area contributed by atoms with Crippen LogP contribution in [-0.2, 0) is 6.54 Å². The second kappa shape index (κ2) is 5.86. The van der Waals surface area contributed by atoms with Crippen LogP contribution in [0.3, 0.4) is 0 Å². The molecule has 2 aromatic heterocycles. The average Bonchev–Trinajstić information content (AvgIpc) is 2.80. The molecular weight excluding hydrogens is 280 g/mol. The molecule has 98 valence electrons. The van der Waals surface area contributed by atoms with E-state index in [1.807, 2.05) is 6.26 Å². The number of anilines is 2. The van der Waals surface area contributed by atoms with Gasteiger partial charge < -0.3 is 11.1 Å². The molecule has 2 rings (SSSR count). The Morgan fingerprint density at radius 3 is 2.95 bits per heavy atom. The topological polar surface area (TPSA) is 101 Å². The van der Waals surface area contributed by atoms with Crippen LogP contribution >= 0.6 is 23.1 Å². The molecule has 2 aromatic rings. The summed E-state index contributed by atoms with van der Waals surface area (Å²) >= 11 is 2.88. The van der Waals surface area contributed by atoms with E-state index in [1.165, 1.54) is 23.1 Å². The number of rotatable bonds is 4. The molecule has 0 aliphatic rings. The smallest absolute Gasteiger partial charge is 0.156 e. The molecule has 0 amide bonds. The van der Waals surface area contributed by atoms with Crippen LogP contribution in [0.25, 0.3) is 0 Å². The minimum Gasteiger partial charge on any atom is -0.383 e. The maximum Gasteiger partial charge on any atom is 0.156 e. The van der Waals surface area contributed by atoms with E-state index >= 15 is 0 Å². The number of thiazole rings is 1. The first-order valence-corrected chi connectivity index (χ1v) is 7.45. The van der Waals surface area contributed by atoms with Crippen LogP contribution in [0.1, 0.15) is 16.3 Å². The van der Waals surface area contributed by atoms with Crippen molar-refractivity contribution in [1.29, 1.82) is 5.26 Å². The summed E-state index contributed by atoms with van der Waals surface area (Å²) in [6.45, 7) is 2.23. The van der Waals surface area contributed by atoms with Gasteiger partial charge in [-0.3, -0.25) is 0 Å². The van der Waals surface area contributed by atoms with Gasteiger partial charge in [0.25, 0.3) is 0 Å². The van der Waals surface area contributed by atoms with E-state index in [9.17, 15) is 0 Å². The Hall–Kier alpha value is -1.85. The van der Waals surface area contributed by atoms with Gasteiger partial charge in [0.2, 0.25) is 0 Å². The van der Waals surface area contributed by atoms with Crippen LogP contribution in [0.5, 0.6) is 0 Å². The summed E-state index contributed by atoms with van der Waals surface area (Å²) in [6, 6.07) is 2.13. The maximum atomic E-state index is 9.04. The highest BCUT2D eigenvalue weighted by Gasteiger charge is 2.11. The summed E-state index contributed by atoms with van der Waals surface area (Å²) in [5.74, 6) is 1.66. The largest absolute Gasteiger partial charge is 0.383 e. The average molecular weight is 292 g/mol. The Kier molecular flexibility index (Phi) is 4.19. The van der Waals surface area contributed by atoms with Gasteiger partial charge in [-0.2, -0.15) is 5.26 Å². The Morgan fingerprint density at radius 1 is 1.53 bits per heavy atom. The Bertz CT molecular complexity index is 631. The zero-order valence-corrected chi connectivity index (χ0v) is 12.1. The van der Waals surface area contributed by atoms with Crippen molar-refractivity contribution in [2.45, 2.75) is 17.8 Å². The predicted molar refractivity (Wildman–Crippen MR) is 77.1 cm³/mol. The zero-order valence-electron chi connectivity index (χ0n) is 10.5. The van der Waals surface area contributed by atoms with Gasteiger partial charge in [-0.25, -0.2) is 15.0 Å². The molecule has 0 saturated carbocycles. The number of nitriles is 1. The fourth-order valence-electron chi connectivity index (χ4n) is 1.41. The van der Waals surface area contributed by atoms with Crippen molar-refractivity contribution in [3.63, 3.8) is 0 Å². The molecule has 0 unspecified atom stereocenters. The lowest BCUT2D eigenvalue weighted by atomic mass is 10.3. The lowest BCUT2D eigenvalue weighted by Gasteiger charge is -2.06. The highest BCUT2D eigenvalue weighted by molar-refractivity contribution is 8.00. The fourth-order valence-corrected chi connectivity index (χ4v) is 2.75. The molecule has 6 nitrogen and oxygen atoms in total. The first kappa shape index (κ1) is 13.6. The summed E-state index contributed by atoms with van der Waals surface area (Å²) < 4.78 is 0.854. The molecule has 0 atom stereocenters. The Labute approximate surface area is 119 Å². The SMILES string of the molecule is CSc1nc(NCc2cnc(C)nc2N)c(C#N)s1. The lowest BCUT2D eigenvalue weighted by molar-refractivity contribution is 0.997. The number of nitrogens with one attached hydrogen (secondary N) is 1. The molecule has 0 radical (unpaired) electrons. The van der Waals surface area contributed by atoms with E-state index in [2.05, 4.69) is 26.3 Å². The molecule has 0 aliphatic carbocycles. The minimum atomic E-state index is 0.443. The normalized spacial score (nSPS) is 10.2. The number of thioether (sulfide) groups is 1. The van der Waals surface area contributed by atoms with Gasteiger partial charge in [0.15, 0.2) is 10.2 Å². The first-order chi connectivity index (χ1) is 9.13. The summed E-state index contributed by atoms with van der Waals surface area (Å²) in [7, 11) is 0. The van der Waals surface area contributed by atoms with Gasteiger partial charge in [-0.15, -0.1) is 0 Å². The molecule has 0 aliphatic heterocycles. The highest BCUT2D eigenvalue weighted by atomic mass is 32.2. The molecule has 0 saturated heterocycles. The molecule has 0 bridgehead atoms. The van der Waals surface area contributed by atoms with Gasteiger partial charge in [-0.1, -0.05) is 23.1 Å². The van der Waals surface area contributed by atoms with Gasteiger partial charge >= 0.3 is 0 Å². The highest BCUT2D eigenvalue weighted by Crippen LogP contribution is 2.28. The van der Waals surface area contributed by atoms with E-state index in [-0.39, 0.29) is 0 Å². The molecule has 2 heterocycles. The van der Waals surface area contributed by atoms with Gasteiger partial charge in [0, 0.05) is 18.3 Å². The Balaban J connectivity index is 2.14. The number of aryl methyl sites for hydroxylation is 1.